The monoisotopic (exact) mass is 240 g/mol. The van der Waals surface area contributed by atoms with E-state index < -0.39 is 14.6 Å². The molecule has 0 unspecified atom stereocenters. The van der Waals surface area contributed by atoms with E-state index in [1.54, 1.807) is 25.1 Å². The summed E-state index contributed by atoms with van der Waals surface area (Å²) < 4.78 is 23.2. The summed E-state index contributed by atoms with van der Waals surface area (Å²) in [4.78, 5) is 11.6. The number of hydrogen-bond acceptors (Lipinski definition) is 3. The first-order valence-corrected chi connectivity index (χ1v) is 6.51. The molecule has 0 aromatic heterocycles. The fourth-order valence-corrected chi connectivity index (χ4v) is 3.00. The molecule has 0 radical (unpaired) electrons. The highest BCUT2D eigenvalue weighted by Crippen LogP contribution is 2.28. The summed E-state index contributed by atoms with van der Waals surface area (Å²) in [5, 5.41) is 0. The number of rotatable bonds is 3. The molecular weight excluding hydrogens is 224 g/mol. The second kappa shape index (κ2) is 4.01. The number of carbonyl (C=O) groups is 1. The van der Waals surface area contributed by atoms with Crippen LogP contribution < -0.4 is 0 Å². The Labute approximate surface area is 96.4 Å². The Morgan fingerprint density at radius 2 is 1.69 bits per heavy atom. The van der Waals surface area contributed by atoms with Crippen LogP contribution in [0.25, 0.3) is 0 Å². The van der Waals surface area contributed by atoms with Gasteiger partial charge in [-0.15, -0.1) is 0 Å². The molecule has 0 heterocycles. The number of carbonyl (C=O) groups excluding carboxylic acids is 1. The molecule has 1 rings (SSSR count). The van der Waals surface area contributed by atoms with Gasteiger partial charge in [-0.3, -0.25) is 4.79 Å². The molecule has 0 amide bonds. The third kappa shape index (κ3) is 1.89. The van der Waals surface area contributed by atoms with E-state index in [0.717, 1.165) is 0 Å². The van der Waals surface area contributed by atoms with E-state index in [1.165, 1.54) is 26.8 Å². The van der Waals surface area contributed by atoms with Crippen molar-refractivity contribution >= 4 is 15.6 Å². The summed E-state index contributed by atoms with van der Waals surface area (Å²) in [6, 6.07) is 6.70. The second-order valence-corrected chi connectivity index (χ2v) is 6.80. The Kier molecular flexibility index (Phi) is 3.24. The van der Waals surface area contributed by atoms with Gasteiger partial charge in [0.1, 0.15) is 4.75 Å². The van der Waals surface area contributed by atoms with Gasteiger partial charge < -0.3 is 0 Å². The molecule has 1 aromatic carbocycles. The van der Waals surface area contributed by atoms with Crippen molar-refractivity contribution in [2.24, 2.45) is 0 Å². The van der Waals surface area contributed by atoms with Crippen molar-refractivity contribution < 1.29 is 13.2 Å². The van der Waals surface area contributed by atoms with Crippen molar-refractivity contribution in [3.8, 4) is 0 Å². The molecule has 0 spiro atoms. The lowest BCUT2D eigenvalue weighted by atomic mass is 10.1. The molecule has 0 aliphatic rings. The maximum atomic E-state index is 12.3. The zero-order chi connectivity index (χ0) is 12.6. The molecule has 0 fully saturated rings. The topological polar surface area (TPSA) is 51.2 Å². The Balaban J connectivity index is 3.45. The van der Waals surface area contributed by atoms with E-state index in [0.29, 0.717) is 5.56 Å². The van der Waals surface area contributed by atoms with Gasteiger partial charge in [0.2, 0.25) is 0 Å². The molecular formula is C12H16O3S. The largest absolute Gasteiger partial charge is 0.298 e. The highest BCUT2D eigenvalue weighted by Gasteiger charge is 2.40. The summed E-state index contributed by atoms with van der Waals surface area (Å²) in [5.74, 6) is -0.351. The summed E-state index contributed by atoms with van der Waals surface area (Å²) >= 11 is 0. The number of aryl methyl sites for hydroxylation is 1. The van der Waals surface area contributed by atoms with Crippen LogP contribution in [0, 0.1) is 6.92 Å². The van der Waals surface area contributed by atoms with Crippen molar-refractivity contribution in [1.82, 2.24) is 0 Å². The summed E-state index contributed by atoms with van der Waals surface area (Å²) in [6.45, 7) is 5.91. The molecule has 0 aliphatic carbocycles. The lowest BCUT2D eigenvalue weighted by molar-refractivity contribution is -0.118. The number of benzene rings is 1. The molecule has 4 heteroatoms. The van der Waals surface area contributed by atoms with Crippen LogP contribution in [-0.4, -0.2) is 18.9 Å². The molecule has 16 heavy (non-hydrogen) atoms. The van der Waals surface area contributed by atoms with Crippen LogP contribution in [0.5, 0.6) is 0 Å². The second-order valence-electron chi connectivity index (χ2n) is 4.34. The molecule has 1 aromatic rings. The van der Waals surface area contributed by atoms with Crippen molar-refractivity contribution in [3.63, 3.8) is 0 Å². The Morgan fingerprint density at radius 3 is 2.12 bits per heavy atom. The van der Waals surface area contributed by atoms with Crippen LogP contribution in [0.2, 0.25) is 0 Å². The van der Waals surface area contributed by atoms with Gasteiger partial charge in [-0.05, 0) is 39.3 Å². The Hall–Kier alpha value is -1.16. The summed E-state index contributed by atoms with van der Waals surface area (Å²) in [7, 11) is -3.62. The van der Waals surface area contributed by atoms with Gasteiger partial charge in [0.25, 0.3) is 0 Å². The fourth-order valence-electron chi connectivity index (χ4n) is 1.32. The van der Waals surface area contributed by atoms with Crippen molar-refractivity contribution in [3.05, 3.63) is 29.8 Å². The van der Waals surface area contributed by atoms with Crippen molar-refractivity contribution in [1.29, 1.82) is 0 Å². The molecule has 0 N–H and O–H groups in total. The minimum atomic E-state index is -3.62. The molecule has 88 valence electrons. The average Bonchev–Trinajstić information content (AvgIpc) is 2.17. The van der Waals surface area contributed by atoms with Crippen LogP contribution >= 0.6 is 0 Å². The molecule has 3 nitrogen and oxygen atoms in total. The zero-order valence-corrected chi connectivity index (χ0v) is 10.8. The third-order valence-electron chi connectivity index (χ3n) is 2.90. The van der Waals surface area contributed by atoms with Gasteiger partial charge in [0.15, 0.2) is 15.6 Å². The number of sulfone groups is 1. The highest BCUT2D eigenvalue weighted by atomic mass is 32.2. The Bertz CT molecular complexity index is 513. The fraction of sp³-hybridized carbons (Fsp3) is 0.417. The van der Waals surface area contributed by atoms with E-state index in [-0.39, 0.29) is 10.7 Å². The summed E-state index contributed by atoms with van der Waals surface area (Å²) in [6.07, 6.45) is 0. The third-order valence-corrected chi connectivity index (χ3v) is 5.57. The predicted octanol–water partition coefficient (Wildman–Crippen LogP) is 2.14. The van der Waals surface area contributed by atoms with Gasteiger partial charge in [-0.2, -0.15) is 0 Å². The van der Waals surface area contributed by atoms with Crippen molar-refractivity contribution in [2.75, 3.05) is 0 Å². The maximum absolute atomic E-state index is 12.3. The minimum Gasteiger partial charge on any atom is -0.298 e. The molecule has 0 bridgehead atoms. The first kappa shape index (κ1) is 12.9. The van der Waals surface area contributed by atoms with E-state index in [9.17, 15) is 13.2 Å². The zero-order valence-electron chi connectivity index (χ0n) is 9.94. The smallest absolute Gasteiger partial charge is 0.190 e. The molecule has 0 saturated carbocycles. The van der Waals surface area contributed by atoms with Gasteiger partial charge >= 0.3 is 0 Å². The van der Waals surface area contributed by atoms with E-state index >= 15 is 0 Å². The maximum Gasteiger partial charge on any atom is 0.190 e. The van der Waals surface area contributed by atoms with Gasteiger partial charge in [-0.25, -0.2) is 8.42 Å². The standard InChI is InChI=1S/C12H16O3S/c1-9-7-5-6-8-11(9)16(14,15)12(3,4)10(2)13/h5-8H,1-4H3. The van der Waals surface area contributed by atoms with Crippen LogP contribution in [-0.2, 0) is 14.6 Å². The van der Waals surface area contributed by atoms with Crippen LogP contribution in [0.1, 0.15) is 26.3 Å². The van der Waals surface area contributed by atoms with Gasteiger partial charge in [0.05, 0.1) is 4.90 Å². The van der Waals surface area contributed by atoms with Gasteiger partial charge in [-0.1, -0.05) is 18.2 Å². The van der Waals surface area contributed by atoms with Crippen LogP contribution in [0.3, 0.4) is 0 Å². The predicted molar refractivity (Wildman–Crippen MR) is 63.1 cm³/mol. The van der Waals surface area contributed by atoms with E-state index in [2.05, 4.69) is 0 Å². The van der Waals surface area contributed by atoms with E-state index in [4.69, 9.17) is 0 Å². The SMILES string of the molecule is CC(=O)C(C)(C)S(=O)(=O)c1ccccc1C. The minimum absolute atomic E-state index is 0.232. The summed E-state index contributed by atoms with van der Waals surface area (Å²) in [5.41, 5.74) is 0.664. The number of ketones is 1. The number of Topliss-reactive ketones (excluding diaryl/α,β-unsaturated/α-hetero) is 1. The lowest BCUT2D eigenvalue weighted by Gasteiger charge is -2.22. The van der Waals surface area contributed by atoms with Gasteiger partial charge in [0, 0.05) is 0 Å². The average molecular weight is 240 g/mol. The molecule has 0 aliphatic heterocycles. The quantitative estimate of drug-likeness (QED) is 0.813. The first-order chi connectivity index (χ1) is 7.21. The normalized spacial score (nSPS) is 12.5. The Morgan fingerprint density at radius 1 is 1.19 bits per heavy atom. The first-order valence-electron chi connectivity index (χ1n) is 5.02. The molecule has 0 saturated heterocycles. The highest BCUT2D eigenvalue weighted by molar-refractivity contribution is 7.93. The number of hydrogen-bond donors (Lipinski definition) is 0. The molecule has 0 atom stereocenters. The van der Waals surface area contributed by atoms with Crippen LogP contribution in [0.4, 0.5) is 0 Å². The van der Waals surface area contributed by atoms with Crippen LogP contribution in [0.15, 0.2) is 29.2 Å². The van der Waals surface area contributed by atoms with Crippen molar-refractivity contribution in [2.45, 2.75) is 37.3 Å². The lowest BCUT2D eigenvalue weighted by Crippen LogP contribution is -2.39. The van der Waals surface area contributed by atoms with E-state index in [1.807, 2.05) is 0 Å².